The van der Waals surface area contributed by atoms with Crippen molar-refractivity contribution in [2.75, 3.05) is 25.1 Å². The normalized spacial score (nSPS) is 10.3. The molecule has 0 atom stereocenters. The van der Waals surface area contributed by atoms with Gasteiger partial charge in [0.15, 0.2) is 0 Å². The summed E-state index contributed by atoms with van der Waals surface area (Å²) >= 11 is 7.73. The van der Waals surface area contributed by atoms with E-state index < -0.39 is 0 Å². The van der Waals surface area contributed by atoms with Crippen molar-refractivity contribution in [2.24, 2.45) is 0 Å². The van der Waals surface area contributed by atoms with Crippen molar-refractivity contribution in [1.29, 1.82) is 0 Å². The van der Waals surface area contributed by atoms with Gasteiger partial charge in [0.2, 0.25) is 0 Å². The highest BCUT2D eigenvalue weighted by molar-refractivity contribution is 7.10. The fourth-order valence-electron chi connectivity index (χ4n) is 1.72. The zero-order valence-corrected chi connectivity index (χ0v) is 12.9. The van der Waals surface area contributed by atoms with Crippen molar-refractivity contribution in [1.82, 2.24) is 4.90 Å². The number of benzene rings is 1. The van der Waals surface area contributed by atoms with E-state index in [1.54, 1.807) is 43.6 Å². The molecule has 2 aromatic rings. The molecule has 0 aliphatic heterocycles. The van der Waals surface area contributed by atoms with Gasteiger partial charge in [0.1, 0.15) is 0 Å². The molecule has 0 spiro atoms. The number of halogens is 1. The zero-order valence-electron chi connectivity index (χ0n) is 11.3. The maximum absolute atomic E-state index is 11.9. The molecule has 0 aliphatic rings. The predicted octanol–water partition coefficient (Wildman–Crippen LogP) is 3.30. The molecular formula is C14H16ClN3OS. The van der Waals surface area contributed by atoms with Gasteiger partial charge in [-0.25, -0.2) is 0 Å². The van der Waals surface area contributed by atoms with Gasteiger partial charge >= 0.3 is 0 Å². The number of anilines is 2. The topological polar surface area (TPSA) is 58.4 Å². The van der Waals surface area contributed by atoms with Gasteiger partial charge in [-0.2, -0.15) is 0 Å². The Bertz CT molecular complexity index is 625. The molecular weight excluding hydrogens is 294 g/mol. The second-order valence-corrected chi connectivity index (χ2v) is 5.95. The Kier molecular flexibility index (Phi) is 4.52. The summed E-state index contributed by atoms with van der Waals surface area (Å²) in [5.41, 5.74) is 7.93. The quantitative estimate of drug-likeness (QED) is 0.911. The third-order valence-electron chi connectivity index (χ3n) is 2.84. The Balaban J connectivity index is 2.17. The summed E-state index contributed by atoms with van der Waals surface area (Å²) in [5, 5.41) is 5.74. The molecule has 0 unspecified atom stereocenters. The molecule has 1 heterocycles. The van der Waals surface area contributed by atoms with Crippen LogP contribution in [0.4, 0.5) is 11.4 Å². The van der Waals surface area contributed by atoms with E-state index in [2.05, 4.69) is 5.32 Å². The van der Waals surface area contributed by atoms with E-state index >= 15 is 0 Å². The first-order valence-electron chi connectivity index (χ1n) is 6.06. The SMILES string of the molecule is CN(C)C(=O)c1ccc(Cl)c(NCc2sccc2N)c1. The number of carbonyl (C=O) groups is 1. The standard InChI is InChI=1S/C14H16ClN3OS/c1-18(2)14(19)9-3-4-10(15)12(7-9)17-8-13-11(16)5-6-20-13/h3-7,17H,8,16H2,1-2H3. The van der Waals surface area contributed by atoms with Crippen LogP contribution in [-0.2, 0) is 6.54 Å². The van der Waals surface area contributed by atoms with Crippen molar-refractivity contribution < 1.29 is 4.79 Å². The fraction of sp³-hybridized carbons (Fsp3) is 0.214. The van der Waals surface area contributed by atoms with Gasteiger partial charge in [0.25, 0.3) is 5.91 Å². The number of nitrogens with one attached hydrogen (secondary N) is 1. The number of nitrogens with two attached hydrogens (primary N) is 1. The lowest BCUT2D eigenvalue weighted by Gasteiger charge is -2.13. The number of amides is 1. The number of thiophene rings is 1. The summed E-state index contributed by atoms with van der Waals surface area (Å²) in [5.74, 6) is -0.0552. The van der Waals surface area contributed by atoms with E-state index in [9.17, 15) is 4.79 Å². The van der Waals surface area contributed by atoms with E-state index in [1.165, 1.54) is 4.90 Å². The van der Waals surface area contributed by atoms with E-state index in [1.807, 2.05) is 11.4 Å². The maximum Gasteiger partial charge on any atom is 0.253 e. The van der Waals surface area contributed by atoms with E-state index in [0.29, 0.717) is 17.1 Å². The molecule has 1 amide bonds. The summed E-state index contributed by atoms with van der Waals surface area (Å²) in [6.45, 7) is 0.586. The number of hydrogen-bond acceptors (Lipinski definition) is 4. The van der Waals surface area contributed by atoms with Crippen LogP contribution in [-0.4, -0.2) is 24.9 Å². The van der Waals surface area contributed by atoms with Gasteiger partial charge in [-0.05, 0) is 29.6 Å². The van der Waals surface area contributed by atoms with Gasteiger partial charge in [-0.1, -0.05) is 11.6 Å². The largest absolute Gasteiger partial charge is 0.398 e. The molecule has 4 nitrogen and oxygen atoms in total. The fourth-order valence-corrected chi connectivity index (χ4v) is 2.64. The molecule has 2 rings (SSSR count). The van der Waals surface area contributed by atoms with Crippen LogP contribution in [0, 0.1) is 0 Å². The second-order valence-electron chi connectivity index (χ2n) is 4.55. The van der Waals surface area contributed by atoms with Crippen LogP contribution in [0.2, 0.25) is 5.02 Å². The zero-order chi connectivity index (χ0) is 14.7. The molecule has 0 aliphatic carbocycles. The highest BCUT2D eigenvalue weighted by atomic mass is 35.5. The minimum Gasteiger partial charge on any atom is -0.398 e. The van der Waals surface area contributed by atoms with E-state index in [0.717, 1.165) is 16.3 Å². The highest BCUT2D eigenvalue weighted by Gasteiger charge is 2.11. The van der Waals surface area contributed by atoms with Gasteiger partial charge in [0.05, 0.1) is 17.3 Å². The lowest BCUT2D eigenvalue weighted by atomic mass is 10.1. The summed E-state index contributed by atoms with van der Waals surface area (Å²) < 4.78 is 0. The molecule has 0 radical (unpaired) electrons. The number of nitrogen functional groups attached to an aromatic ring is 1. The molecule has 106 valence electrons. The smallest absolute Gasteiger partial charge is 0.253 e. The van der Waals surface area contributed by atoms with E-state index in [4.69, 9.17) is 17.3 Å². The Morgan fingerprint density at radius 2 is 2.15 bits per heavy atom. The Labute approximate surface area is 127 Å². The molecule has 0 bridgehead atoms. The molecule has 3 N–H and O–H groups in total. The van der Waals surface area contributed by atoms with Crippen LogP contribution in [0.25, 0.3) is 0 Å². The van der Waals surface area contributed by atoms with Gasteiger partial charge in [-0.15, -0.1) is 11.3 Å². The average Bonchev–Trinajstić information content (AvgIpc) is 2.82. The summed E-state index contributed by atoms with van der Waals surface area (Å²) in [7, 11) is 3.44. The molecule has 0 saturated heterocycles. The summed E-state index contributed by atoms with van der Waals surface area (Å²) in [6.07, 6.45) is 0. The second kappa shape index (κ2) is 6.15. The first-order valence-corrected chi connectivity index (χ1v) is 7.31. The lowest BCUT2D eigenvalue weighted by Crippen LogP contribution is -2.21. The van der Waals surface area contributed by atoms with Gasteiger partial charge in [0, 0.05) is 30.2 Å². The van der Waals surface area contributed by atoms with Crippen LogP contribution in [0.1, 0.15) is 15.2 Å². The third kappa shape index (κ3) is 3.23. The first kappa shape index (κ1) is 14.7. The van der Waals surface area contributed by atoms with Crippen molar-refractivity contribution in [2.45, 2.75) is 6.54 Å². The van der Waals surface area contributed by atoms with Crippen molar-refractivity contribution >= 4 is 40.2 Å². The summed E-state index contributed by atoms with van der Waals surface area (Å²) in [6, 6.07) is 7.07. The molecule has 20 heavy (non-hydrogen) atoms. The summed E-state index contributed by atoms with van der Waals surface area (Å²) in [4.78, 5) is 14.5. The molecule has 0 saturated carbocycles. The molecule has 1 aromatic heterocycles. The molecule has 0 fully saturated rings. The minimum atomic E-state index is -0.0552. The van der Waals surface area contributed by atoms with Gasteiger partial charge < -0.3 is 16.0 Å². The maximum atomic E-state index is 11.9. The number of nitrogens with zero attached hydrogens (tertiary/aromatic N) is 1. The number of hydrogen-bond donors (Lipinski definition) is 2. The number of rotatable bonds is 4. The Morgan fingerprint density at radius 3 is 2.75 bits per heavy atom. The average molecular weight is 310 g/mol. The van der Waals surface area contributed by atoms with Gasteiger partial charge in [-0.3, -0.25) is 4.79 Å². The Morgan fingerprint density at radius 1 is 1.40 bits per heavy atom. The van der Waals surface area contributed by atoms with Crippen LogP contribution in [0.5, 0.6) is 0 Å². The van der Waals surface area contributed by atoms with Crippen LogP contribution in [0.15, 0.2) is 29.6 Å². The Hall–Kier alpha value is -1.72. The molecule has 6 heteroatoms. The molecule has 1 aromatic carbocycles. The minimum absolute atomic E-state index is 0.0552. The first-order chi connectivity index (χ1) is 9.49. The van der Waals surface area contributed by atoms with Crippen molar-refractivity contribution in [3.8, 4) is 0 Å². The highest BCUT2D eigenvalue weighted by Crippen LogP contribution is 2.26. The lowest BCUT2D eigenvalue weighted by molar-refractivity contribution is 0.0827. The number of carbonyl (C=O) groups excluding carboxylic acids is 1. The van der Waals surface area contributed by atoms with E-state index in [-0.39, 0.29) is 5.91 Å². The van der Waals surface area contributed by atoms with Crippen molar-refractivity contribution in [3.63, 3.8) is 0 Å². The van der Waals surface area contributed by atoms with Crippen LogP contribution >= 0.6 is 22.9 Å². The van der Waals surface area contributed by atoms with Crippen LogP contribution < -0.4 is 11.1 Å². The van der Waals surface area contributed by atoms with Crippen LogP contribution in [0.3, 0.4) is 0 Å². The third-order valence-corrected chi connectivity index (χ3v) is 4.11. The monoisotopic (exact) mass is 309 g/mol. The predicted molar refractivity (Wildman–Crippen MR) is 85.5 cm³/mol. The van der Waals surface area contributed by atoms with Crippen molar-refractivity contribution in [3.05, 3.63) is 45.1 Å².